The van der Waals surface area contributed by atoms with Gasteiger partial charge in [0, 0.05) is 17.6 Å². The molecule has 1 aromatic heterocycles. The molecular weight excluding hydrogens is 238 g/mol. The fourth-order valence-electron chi connectivity index (χ4n) is 2.58. The molecule has 1 aromatic carbocycles. The van der Waals surface area contributed by atoms with Crippen LogP contribution in [0.15, 0.2) is 18.2 Å². The summed E-state index contributed by atoms with van der Waals surface area (Å²) in [4.78, 5) is 11.5. The highest BCUT2D eigenvalue weighted by molar-refractivity contribution is 6.03. The van der Waals surface area contributed by atoms with Crippen LogP contribution >= 0.6 is 0 Å². The maximum absolute atomic E-state index is 11.5. The highest BCUT2D eigenvalue weighted by atomic mass is 16.4. The van der Waals surface area contributed by atoms with E-state index in [-0.39, 0.29) is 0 Å². The van der Waals surface area contributed by atoms with Gasteiger partial charge >= 0.3 is 5.97 Å². The molecule has 1 N–H and O–H groups in total. The first-order chi connectivity index (χ1) is 8.95. The quantitative estimate of drug-likeness (QED) is 0.895. The molecule has 0 radical (unpaired) electrons. The summed E-state index contributed by atoms with van der Waals surface area (Å²) < 4.78 is 2.11. The van der Waals surface area contributed by atoms with E-state index < -0.39 is 5.97 Å². The van der Waals surface area contributed by atoms with E-state index in [0.29, 0.717) is 11.5 Å². The fraction of sp³-hybridized carbons (Fsp3) is 0.438. The molecule has 0 amide bonds. The second kappa shape index (κ2) is 5.08. The van der Waals surface area contributed by atoms with Gasteiger partial charge in [0.15, 0.2) is 0 Å². The molecule has 0 spiro atoms. The second-order valence-corrected chi connectivity index (χ2v) is 5.40. The Morgan fingerprint density at radius 2 is 2.00 bits per heavy atom. The van der Waals surface area contributed by atoms with Crippen molar-refractivity contribution in [3.8, 4) is 0 Å². The first-order valence-corrected chi connectivity index (χ1v) is 6.82. The van der Waals surface area contributed by atoms with Gasteiger partial charge in [-0.05, 0) is 43.0 Å². The average molecular weight is 259 g/mol. The van der Waals surface area contributed by atoms with Crippen LogP contribution in [-0.4, -0.2) is 15.6 Å². The second-order valence-electron chi connectivity index (χ2n) is 5.40. The number of carbonyl (C=O) groups is 1. The zero-order valence-corrected chi connectivity index (χ0v) is 12.0. The molecule has 0 aliphatic carbocycles. The van der Waals surface area contributed by atoms with Crippen molar-refractivity contribution in [1.82, 2.24) is 4.57 Å². The van der Waals surface area contributed by atoms with Gasteiger partial charge in [-0.25, -0.2) is 4.79 Å². The normalized spacial score (nSPS) is 11.4. The zero-order chi connectivity index (χ0) is 14.2. The van der Waals surface area contributed by atoms with Gasteiger partial charge in [-0.1, -0.05) is 20.8 Å². The number of carboxylic acid groups (broad SMARTS) is 1. The number of aromatic carboxylic acids is 1. The lowest BCUT2D eigenvalue weighted by Crippen LogP contribution is -2.06. The number of benzene rings is 1. The van der Waals surface area contributed by atoms with E-state index in [4.69, 9.17) is 0 Å². The summed E-state index contributed by atoms with van der Waals surface area (Å²) in [6.07, 6.45) is 0.996. The van der Waals surface area contributed by atoms with Crippen LogP contribution in [0.25, 0.3) is 10.9 Å². The van der Waals surface area contributed by atoms with Crippen LogP contribution < -0.4 is 0 Å². The molecule has 0 atom stereocenters. The molecule has 2 aromatic rings. The summed E-state index contributed by atoms with van der Waals surface area (Å²) >= 11 is 0. The number of fused-ring (bicyclic) bond motifs is 1. The molecular formula is C16H21NO2. The highest BCUT2D eigenvalue weighted by Gasteiger charge is 2.17. The highest BCUT2D eigenvalue weighted by Crippen LogP contribution is 2.28. The molecule has 0 fully saturated rings. The van der Waals surface area contributed by atoms with Crippen molar-refractivity contribution < 1.29 is 9.90 Å². The molecule has 0 unspecified atom stereocenters. The third kappa shape index (κ3) is 2.37. The Bertz CT molecular complexity index is 623. The third-order valence-corrected chi connectivity index (χ3v) is 3.57. The van der Waals surface area contributed by atoms with Crippen LogP contribution in [0.4, 0.5) is 0 Å². The van der Waals surface area contributed by atoms with Crippen LogP contribution in [0.3, 0.4) is 0 Å². The Morgan fingerprint density at radius 3 is 2.53 bits per heavy atom. The number of hydrogen-bond donors (Lipinski definition) is 1. The molecule has 1 heterocycles. The van der Waals surface area contributed by atoms with Gasteiger partial charge in [0.1, 0.15) is 0 Å². The molecule has 2 rings (SSSR count). The molecule has 3 nitrogen and oxygen atoms in total. The number of hydrogen-bond acceptors (Lipinski definition) is 1. The van der Waals surface area contributed by atoms with Gasteiger partial charge in [-0.3, -0.25) is 0 Å². The number of aryl methyl sites for hydroxylation is 2. The van der Waals surface area contributed by atoms with Gasteiger partial charge in [0.2, 0.25) is 0 Å². The molecule has 102 valence electrons. The van der Waals surface area contributed by atoms with E-state index in [9.17, 15) is 9.90 Å². The van der Waals surface area contributed by atoms with Crippen molar-refractivity contribution in [2.24, 2.45) is 0 Å². The van der Waals surface area contributed by atoms with Crippen LogP contribution in [0, 0.1) is 6.92 Å². The Kier molecular flexibility index (Phi) is 3.65. The lowest BCUT2D eigenvalue weighted by molar-refractivity contribution is 0.0698. The van der Waals surface area contributed by atoms with Crippen molar-refractivity contribution in [3.63, 3.8) is 0 Å². The minimum atomic E-state index is -0.844. The summed E-state index contributed by atoms with van der Waals surface area (Å²) in [5, 5.41) is 10.5. The standard InChI is InChI=1S/C16H21NO2/c1-5-6-17-11(4)7-13-8-12(10(2)3)9-14(15(13)17)16(18)19/h7-10H,5-6H2,1-4H3,(H,18,19). The lowest BCUT2D eigenvalue weighted by Gasteiger charge is -2.11. The number of carboxylic acids is 1. The molecule has 0 saturated heterocycles. The van der Waals surface area contributed by atoms with Gasteiger partial charge in [-0.2, -0.15) is 0 Å². The van der Waals surface area contributed by atoms with Crippen molar-refractivity contribution in [2.45, 2.75) is 46.6 Å². The van der Waals surface area contributed by atoms with Crippen LogP contribution in [0.1, 0.15) is 54.7 Å². The van der Waals surface area contributed by atoms with Gasteiger partial charge < -0.3 is 9.67 Å². The summed E-state index contributed by atoms with van der Waals surface area (Å²) in [7, 11) is 0. The van der Waals surface area contributed by atoms with Crippen molar-refractivity contribution in [2.75, 3.05) is 0 Å². The monoisotopic (exact) mass is 259 g/mol. The number of rotatable bonds is 4. The molecule has 3 heteroatoms. The molecule has 0 aliphatic heterocycles. The summed E-state index contributed by atoms with van der Waals surface area (Å²) in [6, 6.07) is 6.02. The summed E-state index contributed by atoms with van der Waals surface area (Å²) in [5.41, 5.74) is 3.48. The van der Waals surface area contributed by atoms with E-state index in [0.717, 1.165) is 35.1 Å². The molecule has 0 saturated carbocycles. The SMILES string of the molecule is CCCn1c(C)cc2cc(C(C)C)cc(C(=O)O)c21. The molecule has 19 heavy (non-hydrogen) atoms. The van der Waals surface area contributed by atoms with Crippen LogP contribution in [0.2, 0.25) is 0 Å². The Labute approximate surface area is 113 Å². The fourth-order valence-corrected chi connectivity index (χ4v) is 2.58. The van der Waals surface area contributed by atoms with E-state index in [2.05, 4.69) is 37.5 Å². The third-order valence-electron chi connectivity index (χ3n) is 3.57. The average Bonchev–Trinajstić information content (AvgIpc) is 2.65. The largest absolute Gasteiger partial charge is 0.478 e. The van der Waals surface area contributed by atoms with Crippen LogP contribution in [-0.2, 0) is 6.54 Å². The number of aromatic nitrogens is 1. The summed E-state index contributed by atoms with van der Waals surface area (Å²) in [5.74, 6) is -0.514. The lowest BCUT2D eigenvalue weighted by atomic mass is 9.98. The van der Waals surface area contributed by atoms with Gasteiger partial charge in [0.25, 0.3) is 0 Å². The predicted molar refractivity (Wildman–Crippen MR) is 78.0 cm³/mol. The Balaban J connectivity index is 2.80. The van der Waals surface area contributed by atoms with Crippen LogP contribution in [0.5, 0.6) is 0 Å². The first-order valence-electron chi connectivity index (χ1n) is 6.82. The van der Waals surface area contributed by atoms with Crippen molar-refractivity contribution >= 4 is 16.9 Å². The predicted octanol–water partition coefficient (Wildman–Crippen LogP) is 4.18. The van der Waals surface area contributed by atoms with Crippen molar-refractivity contribution in [3.05, 3.63) is 35.0 Å². The Hall–Kier alpha value is -1.77. The topological polar surface area (TPSA) is 42.2 Å². The van der Waals surface area contributed by atoms with E-state index in [1.54, 1.807) is 0 Å². The first kappa shape index (κ1) is 13.7. The van der Waals surface area contributed by atoms with Gasteiger partial charge in [-0.15, -0.1) is 0 Å². The van der Waals surface area contributed by atoms with E-state index in [1.807, 2.05) is 13.0 Å². The van der Waals surface area contributed by atoms with E-state index >= 15 is 0 Å². The zero-order valence-electron chi connectivity index (χ0n) is 12.0. The number of nitrogens with zero attached hydrogens (tertiary/aromatic N) is 1. The minimum absolute atomic E-state index is 0.331. The maximum Gasteiger partial charge on any atom is 0.337 e. The Morgan fingerprint density at radius 1 is 1.32 bits per heavy atom. The maximum atomic E-state index is 11.5. The minimum Gasteiger partial charge on any atom is -0.478 e. The summed E-state index contributed by atoms with van der Waals surface area (Å²) in [6.45, 7) is 9.17. The van der Waals surface area contributed by atoms with Crippen molar-refractivity contribution in [1.29, 1.82) is 0 Å². The molecule has 0 aliphatic rings. The van der Waals surface area contributed by atoms with Gasteiger partial charge in [0.05, 0.1) is 11.1 Å². The smallest absolute Gasteiger partial charge is 0.337 e. The van der Waals surface area contributed by atoms with E-state index in [1.165, 1.54) is 0 Å². The molecule has 0 bridgehead atoms.